The molecule has 0 aromatic heterocycles. The summed E-state index contributed by atoms with van der Waals surface area (Å²) in [6.45, 7) is 4.35. The van der Waals surface area contributed by atoms with Gasteiger partial charge in [0, 0.05) is 131 Å². The summed E-state index contributed by atoms with van der Waals surface area (Å²) in [5, 5.41) is 0. The summed E-state index contributed by atoms with van der Waals surface area (Å²) in [6, 6.07) is 7.73. The maximum atomic E-state index is 3.36. The smallest absolute Gasteiger partial charge is 0 e. The first-order valence-corrected chi connectivity index (χ1v) is 4.12. The van der Waals surface area contributed by atoms with Crippen molar-refractivity contribution in [3.63, 3.8) is 0 Å². The maximum absolute atomic E-state index is 3.36. The standard InChI is InChI=1S/C11H12.4Y/c1-8-3-4-10-6-9(2)7-11(10)5-8;;;;/h3-4,7,9H,6H2,1-2H3;;;;/q-2;;;;. The maximum Gasteiger partial charge on any atom is 0 e. The van der Waals surface area contributed by atoms with E-state index >= 15 is 0 Å². The molecule has 1 aliphatic carbocycles. The van der Waals surface area contributed by atoms with Gasteiger partial charge in [0.1, 0.15) is 0 Å². The predicted octanol–water partition coefficient (Wildman–Crippen LogP) is 2.53. The van der Waals surface area contributed by atoms with Crippen LogP contribution in [-0.4, -0.2) is 0 Å². The van der Waals surface area contributed by atoms with E-state index in [1.54, 1.807) is 0 Å². The van der Waals surface area contributed by atoms with Crippen molar-refractivity contribution < 1.29 is 131 Å². The third kappa shape index (κ3) is 7.01. The van der Waals surface area contributed by atoms with E-state index in [-0.39, 0.29) is 131 Å². The Morgan fingerprint density at radius 1 is 1.20 bits per heavy atom. The zero-order valence-corrected chi connectivity index (χ0v) is 20.7. The molecule has 70 valence electrons. The fraction of sp³-hybridized carbons (Fsp3) is 0.364. The van der Waals surface area contributed by atoms with Gasteiger partial charge < -0.3 is 0 Å². The predicted molar refractivity (Wildman–Crippen MR) is 46.3 cm³/mol. The van der Waals surface area contributed by atoms with Crippen LogP contribution >= 0.6 is 0 Å². The second kappa shape index (κ2) is 11.3. The second-order valence-electron chi connectivity index (χ2n) is 3.43. The SMILES string of the molecule is Cc1[c-]c2c(cc1)CC(C)[CH-]2.[Y].[Y].[Y].[Y]. The Balaban J connectivity index is -0.000000360. The first-order valence-electron chi connectivity index (χ1n) is 4.12. The van der Waals surface area contributed by atoms with Crippen LogP contribution in [0.4, 0.5) is 0 Å². The van der Waals surface area contributed by atoms with E-state index in [2.05, 4.69) is 38.5 Å². The third-order valence-electron chi connectivity index (χ3n) is 2.21. The Bertz CT molecular complexity index is 286. The van der Waals surface area contributed by atoms with Crippen LogP contribution in [0.3, 0.4) is 0 Å². The van der Waals surface area contributed by atoms with Crippen LogP contribution in [0.25, 0.3) is 0 Å². The summed E-state index contributed by atoms with van der Waals surface area (Å²) in [7, 11) is 0. The van der Waals surface area contributed by atoms with Crippen molar-refractivity contribution in [2.24, 2.45) is 5.92 Å². The minimum absolute atomic E-state index is 0. The van der Waals surface area contributed by atoms with Crippen LogP contribution in [0.5, 0.6) is 0 Å². The van der Waals surface area contributed by atoms with E-state index in [4.69, 9.17) is 0 Å². The topological polar surface area (TPSA) is 0 Å². The quantitative estimate of drug-likeness (QED) is 0.481. The summed E-state index contributed by atoms with van der Waals surface area (Å²) in [6.07, 6.45) is 3.51. The molecular weight excluding hydrogens is 488 g/mol. The largest absolute Gasteiger partial charge is 0.283 e. The van der Waals surface area contributed by atoms with Gasteiger partial charge in [-0.05, 0) is 0 Å². The van der Waals surface area contributed by atoms with Gasteiger partial charge in [0.2, 0.25) is 0 Å². The van der Waals surface area contributed by atoms with Crippen molar-refractivity contribution in [2.75, 3.05) is 0 Å². The van der Waals surface area contributed by atoms with Gasteiger partial charge in [-0.25, -0.2) is 29.7 Å². The van der Waals surface area contributed by atoms with E-state index in [0.29, 0.717) is 5.92 Å². The Hall–Kier alpha value is 3.51. The van der Waals surface area contributed by atoms with Gasteiger partial charge in [-0.2, -0.15) is 0 Å². The molecule has 0 fully saturated rings. The van der Waals surface area contributed by atoms with Crippen molar-refractivity contribution >= 4 is 0 Å². The van der Waals surface area contributed by atoms with Gasteiger partial charge >= 0.3 is 0 Å². The van der Waals surface area contributed by atoms with Gasteiger partial charge in [-0.3, -0.25) is 11.6 Å². The van der Waals surface area contributed by atoms with E-state index in [1.807, 2.05) is 0 Å². The zero-order valence-electron chi connectivity index (χ0n) is 9.33. The molecule has 2 rings (SSSR count). The fourth-order valence-corrected chi connectivity index (χ4v) is 1.67. The Labute approximate surface area is 194 Å². The fourth-order valence-electron chi connectivity index (χ4n) is 1.67. The van der Waals surface area contributed by atoms with Crippen molar-refractivity contribution in [2.45, 2.75) is 20.3 Å². The molecular formula is C11H12Y4-2. The molecule has 0 saturated carbocycles. The van der Waals surface area contributed by atoms with Crippen LogP contribution in [-0.2, 0) is 137 Å². The molecule has 4 radical (unpaired) electrons. The van der Waals surface area contributed by atoms with Crippen LogP contribution in [0.15, 0.2) is 12.1 Å². The molecule has 15 heavy (non-hydrogen) atoms. The molecule has 1 aliphatic rings. The first-order chi connectivity index (χ1) is 5.25. The van der Waals surface area contributed by atoms with Gasteiger partial charge in [-0.15, -0.1) is 12.3 Å². The number of hydrogen-bond donors (Lipinski definition) is 0. The van der Waals surface area contributed by atoms with E-state index < -0.39 is 0 Å². The number of aryl methyl sites for hydroxylation is 1. The van der Waals surface area contributed by atoms with E-state index in [0.717, 1.165) is 0 Å². The van der Waals surface area contributed by atoms with Gasteiger partial charge in [0.25, 0.3) is 0 Å². The van der Waals surface area contributed by atoms with E-state index in [9.17, 15) is 0 Å². The van der Waals surface area contributed by atoms with Crippen LogP contribution in [0, 0.1) is 25.3 Å². The molecule has 1 unspecified atom stereocenters. The number of hydrogen-bond acceptors (Lipinski definition) is 0. The molecule has 0 amide bonds. The monoisotopic (exact) mass is 500 g/mol. The molecule has 0 heterocycles. The molecule has 0 spiro atoms. The zero-order chi connectivity index (χ0) is 7.84. The molecule has 1 atom stereocenters. The van der Waals surface area contributed by atoms with E-state index in [1.165, 1.54) is 23.1 Å². The Kier molecular flexibility index (Phi) is 17.8. The van der Waals surface area contributed by atoms with Crippen molar-refractivity contribution in [3.05, 3.63) is 41.3 Å². The molecule has 0 bridgehead atoms. The van der Waals surface area contributed by atoms with Crippen molar-refractivity contribution in [1.82, 2.24) is 0 Å². The molecule has 4 heteroatoms. The average Bonchev–Trinajstić information content (AvgIpc) is 2.27. The Morgan fingerprint density at radius 3 is 2.40 bits per heavy atom. The van der Waals surface area contributed by atoms with Crippen LogP contribution in [0.1, 0.15) is 23.6 Å². The summed E-state index contributed by atoms with van der Waals surface area (Å²) < 4.78 is 0. The molecule has 0 N–H and O–H groups in total. The normalized spacial score (nSPS) is 15.5. The van der Waals surface area contributed by atoms with Crippen molar-refractivity contribution in [1.29, 1.82) is 0 Å². The Morgan fingerprint density at radius 2 is 1.80 bits per heavy atom. The summed E-state index contributed by atoms with van der Waals surface area (Å²) >= 11 is 0. The van der Waals surface area contributed by atoms with Crippen LogP contribution in [0.2, 0.25) is 0 Å². The minimum Gasteiger partial charge on any atom is -0.283 e. The third-order valence-corrected chi connectivity index (χ3v) is 2.21. The summed E-state index contributed by atoms with van der Waals surface area (Å²) in [5.74, 6) is 0.711. The average molecular weight is 500 g/mol. The summed E-state index contributed by atoms with van der Waals surface area (Å²) in [5.41, 5.74) is 4.04. The summed E-state index contributed by atoms with van der Waals surface area (Å²) in [4.78, 5) is 0. The van der Waals surface area contributed by atoms with Gasteiger partial charge in [-0.1, -0.05) is 13.8 Å². The van der Waals surface area contributed by atoms with Crippen LogP contribution < -0.4 is 0 Å². The molecule has 1 aromatic rings. The number of benzene rings is 1. The molecule has 0 aliphatic heterocycles. The molecule has 1 aromatic carbocycles. The number of fused-ring (bicyclic) bond motifs is 1. The minimum atomic E-state index is 0. The molecule has 0 nitrogen and oxygen atoms in total. The van der Waals surface area contributed by atoms with Gasteiger partial charge in [0.15, 0.2) is 0 Å². The van der Waals surface area contributed by atoms with Crippen molar-refractivity contribution in [3.8, 4) is 0 Å². The second-order valence-corrected chi connectivity index (χ2v) is 3.43. The first kappa shape index (κ1) is 23.6. The molecule has 0 saturated heterocycles. The number of rotatable bonds is 0. The van der Waals surface area contributed by atoms with Gasteiger partial charge in [0.05, 0.1) is 0 Å².